The molecule has 0 radical (unpaired) electrons. The van der Waals surface area contributed by atoms with Crippen molar-refractivity contribution in [2.75, 3.05) is 26.2 Å². The van der Waals surface area contributed by atoms with Crippen LogP contribution in [0.25, 0.3) is 0 Å². The zero-order valence-corrected chi connectivity index (χ0v) is 13.5. The van der Waals surface area contributed by atoms with Gasteiger partial charge in [0.2, 0.25) is 0 Å². The van der Waals surface area contributed by atoms with Gasteiger partial charge in [0, 0.05) is 19.1 Å². The van der Waals surface area contributed by atoms with Gasteiger partial charge < -0.3 is 15.0 Å². The van der Waals surface area contributed by atoms with Crippen LogP contribution in [-0.2, 0) is 4.74 Å². The molecule has 0 amide bonds. The standard InChI is InChI=1S/C16H32N2O/c1-13-6-9-18(10-7-13)11-8-17-14-12-15(2,3)19-16(14,4)5/h13-14,17H,6-12H2,1-5H3. The lowest BCUT2D eigenvalue weighted by atomic mass is 9.94. The molecular weight excluding hydrogens is 236 g/mol. The summed E-state index contributed by atoms with van der Waals surface area (Å²) < 4.78 is 6.13. The predicted octanol–water partition coefficient (Wildman–Crippen LogP) is 2.65. The zero-order chi connectivity index (χ0) is 14.1. The Labute approximate surface area is 119 Å². The Balaban J connectivity index is 1.71. The van der Waals surface area contributed by atoms with Crippen LogP contribution in [0.15, 0.2) is 0 Å². The Morgan fingerprint density at radius 1 is 1.16 bits per heavy atom. The van der Waals surface area contributed by atoms with Crippen LogP contribution in [0.2, 0.25) is 0 Å². The Hall–Kier alpha value is -0.120. The highest BCUT2D eigenvalue weighted by Crippen LogP contribution is 2.37. The highest BCUT2D eigenvalue weighted by molar-refractivity contribution is 4.98. The van der Waals surface area contributed by atoms with Gasteiger partial charge in [0.25, 0.3) is 0 Å². The first-order valence-corrected chi connectivity index (χ1v) is 7.94. The summed E-state index contributed by atoms with van der Waals surface area (Å²) in [6.45, 7) is 16.0. The van der Waals surface area contributed by atoms with Crippen molar-refractivity contribution < 1.29 is 4.74 Å². The molecule has 2 rings (SSSR count). The van der Waals surface area contributed by atoms with E-state index in [1.165, 1.54) is 32.5 Å². The second kappa shape index (κ2) is 5.71. The summed E-state index contributed by atoms with van der Waals surface area (Å²) in [5.41, 5.74) is -0.0262. The molecule has 2 fully saturated rings. The fraction of sp³-hybridized carbons (Fsp3) is 1.00. The Kier molecular flexibility index (Phi) is 4.59. The molecule has 3 nitrogen and oxygen atoms in total. The largest absolute Gasteiger partial charge is 0.368 e. The van der Waals surface area contributed by atoms with E-state index in [0.717, 1.165) is 18.9 Å². The van der Waals surface area contributed by atoms with E-state index >= 15 is 0 Å². The van der Waals surface area contributed by atoms with Gasteiger partial charge in [-0.2, -0.15) is 0 Å². The van der Waals surface area contributed by atoms with Crippen LogP contribution in [0.4, 0.5) is 0 Å². The van der Waals surface area contributed by atoms with Crippen LogP contribution >= 0.6 is 0 Å². The van der Waals surface area contributed by atoms with Gasteiger partial charge >= 0.3 is 0 Å². The van der Waals surface area contributed by atoms with Crippen molar-refractivity contribution in [1.82, 2.24) is 10.2 Å². The number of likely N-dealkylation sites (tertiary alicyclic amines) is 1. The molecule has 112 valence electrons. The minimum atomic E-state index is -0.0418. The molecule has 19 heavy (non-hydrogen) atoms. The minimum Gasteiger partial charge on any atom is -0.368 e. The molecule has 0 aromatic heterocycles. The molecule has 2 heterocycles. The third-order valence-electron chi connectivity index (χ3n) is 4.77. The highest BCUT2D eigenvalue weighted by Gasteiger charge is 2.45. The highest BCUT2D eigenvalue weighted by atomic mass is 16.5. The molecule has 2 aliphatic heterocycles. The van der Waals surface area contributed by atoms with Gasteiger partial charge in [0.1, 0.15) is 0 Å². The lowest BCUT2D eigenvalue weighted by molar-refractivity contribution is -0.0698. The van der Waals surface area contributed by atoms with E-state index in [1.807, 2.05) is 0 Å². The minimum absolute atomic E-state index is 0.0156. The molecule has 1 atom stereocenters. The summed E-state index contributed by atoms with van der Waals surface area (Å²) in [5.74, 6) is 0.923. The maximum Gasteiger partial charge on any atom is 0.0787 e. The quantitative estimate of drug-likeness (QED) is 0.848. The summed E-state index contributed by atoms with van der Waals surface area (Å²) in [4.78, 5) is 2.60. The molecule has 2 saturated heterocycles. The van der Waals surface area contributed by atoms with E-state index in [4.69, 9.17) is 4.74 Å². The molecule has 0 aromatic rings. The van der Waals surface area contributed by atoms with Crippen LogP contribution in [0.5, 0.6) is 0 Å². The van der Waals surface area contributed by atoms with Crippen molar-refractivity contribution >= 4 is 0 Å². The molecule has 3 heteroatoms. The third kappa shape index (κ3) is 4.17. The monoisotopic (exact) mass is 268 g/mol. The second-order valence-electron chi connectivity index (χ2n) is 7.70. The molecule has 0 spiro atoms. The Bertz CT molecular complexity index is 293. The second-order valence-corrected chi connectivity index (χ2v) is 7.70. The van der Waals surface area contributed by atoms with Crippen LogP contribution in [0.1, 0.15) is 53.9 Å². The Morgan fingerprint density at radius 2 is 1.79 bits per heavy atom. The fourth-order valence-electron chi connectivity index (χ4n) is 3.56. The van der Waals surface area contributed by atoms with E-state index in [1.54, 1.807) is 0 Å². The van der Waals surface area contributed by atoms with E-state index in [0.29, 0.717) is 6.04 Å². The first-order chi connectivity index (χ1) is 8.78. The SMILES string of the molecule is CC1CCN(CCNC2CC(C)(C)OC2(C)C)CC1. The Morgan fingerprint density at radius 3 is 2.32 bits per heavy atom. The van der Waals surface area contributed by atoms with E-state index in [-0.39, 0.29) is 11.2 Å². The van der Waals surface area contributed by atoms with Gasteiger partial charge in [0.15, 0.2) is 0 Å². The average molecular weight is 268 g/mol. The summed E-state index contributed by atoms with van der Waals surface area (Å²) in [6.07, 6.45) is 3.84. The number of ether oxygens (including phenoxy) is 1. The van der Waals surface area contributed by atoms with Crippen LogP contribution in [-0.4, -0.2) is 48.3 Å². The predicted molar refractivity (Wildman–Crippen MR) is 80.5 cm³/mol. The fourth-order valence-corrected chi connectivity index (χ4v) is 3.56. The van der Waals surface area contributed by atoms with Crippen LogP contribution in [0, 0.1) is 5.92 Å². The number of hydrogen-bond acceptors (Lipinski definition) is 3. The summed E-state index contributed by atoms with van der Waals surface area (Å²) >= 11 is 0. The number of piperidine rings is 1. The summed E-state index contributed by atoms with van der Waals surface area (Å²) in [5, 5.41) is 3.72. The number of nitrogens with one attached hydrogen (secondary N) is 1. The molecule has 0 aromatic carbocycles. The third-order valence-corrected chi connectivity index (χ3v) is 4.77. The normalized spacial score (nSPS) is 31.7. The molecule has 1 N–H and O–H groups in total. The maximum absolute atomic E-state index is 6.13. The van der Waals surface area contributed by atoms with E-state index < -0.39 is 0 Å². The van der Waals surface area contributed by atoms with Crippen molar-refractivity contribution in [1.29, 1.82) is 0 Å². The first-order valence-electron chi connectivity index (χ1n) is 7.94. The van der Waals surface area contributed by atoms with E-state index in [9.17, 15) is 0 Å². The summed E-state index contributed by atoms with van der Waals surface area (Å²) in [7, 11) is 0. The van der Waals surface area contributed by atoms with Gasteiger partial charge in [-0.25, -0.2) is 0 Å². The van der Waals surface area contributed by atoms with Crippen LogP contribution < -0.4 is 5.32 Å². The summed E-state index contributed by atoms with van der Waals surface area (Å²) in [6, 6.07) is 0.478. The van der Waals surface area contributed by atoms with Gasteiger partial charge in [-0.3, -0.25) is 0 Å². The van der Waals surface area contributed by atoms with Gasteiger partial charge in [0.05, 0.1) is 11.2 Å². The average Bonchev–Trinajstić information content (AvgIpc) is 2.49. The molecule has 2 aliphatic rings. The lowest BCUT2D eigenvalue weighted by Gasteiger charge is -2.32. The van der Waals surface area contributed by atoms with Gasteiger partial charge in [-0.05, 0) is 66.0 Å². The van der Waals surface area contributed by atoms with Crippen molar-refractivity contribution in [3.8, 4) is 0 Å². The topological polar surface area (TPSA) is 24.5 Å². The van der Waals surface area contributed by atoms with E-state index in [2.05, 4.69) is 44.8 Å². The smallest absolute Gasteiger partial charge is 0.0787 e. The van der Waals surface area contributed by atoms with Crippen molar-refractivity contribution in [2.45, 2.75) is 71.1 Å². The first kappa shape index (κ1) is 15.3. The van der Waals surface area contributed by atoms with Crippen molar-refractivity contribution in [3.63, 3.8) is 0 Å². The number of hydrogen-bond donors (Lipinski definition) is 1. The molecule has 1 unspecified atom stereocenters. The maximum atomic E-state index is 6.13. The molecule has 0 bridgehead atoms. The number of nitrogens with zero attached hydrogens (tertiary/aromatic N) is 1. The molecule has 0 aliphatic carbocycles. The van der Waals surface area contributed by atoms with Gasteiger partial charge in [-0.15, -0.1) is 0 Å². The molecule has 0 saturated carbocycles. The van der Waals surface area contributed by atoms with Gasteiger partial charge in [-0.1, -0.05) is 6.92 Å². The zero-order valence-electron chi connectivity index (χ0n) is 13.5. The number of rotatable bonds is 4. The van der Waals surface area contributed by atoms with Crippen molar-refractivity contribution in [2.24, 2.45) is 5.92 Å². The lowest BCUT2D eigenvalue weighted by Crippen LogP contribution is -2.46. The van der Waals surface area contributed by atoms with Crippen LogP contribution in [0.3, 0.4) is 0 Å². The molecular formula is C16H32N2O. The van der Waals surface area contributed by atoms with Crippen molar-refractivity contribution in [3.05, 3.63) is 0 Å².